The number of carbonyl (C=O) groups excluding carboxylic acids is 1. The number of sulfonamides is 1. The second kappa shape index (κ2) is 8.82. The van der Waals surface area contributed by atoms with Crippen LogP contribution in [0.2, 0.25) is 0 Å². The van der Waals surface area contributed by atoms with Gasteiger partial charge >= 0.3 is 0 Å². The Bertz CT molecular complexity index is 820. The van der Waals surface area contributed by atoms with Gasteiger partial charge < -0.3 is 10.1 Å². The highest BCUT2D eigenvalue weighted by atomic mass is 32.2. The molecule has 2 rings (SSSR count). The Morgan fingerprint density at radius 3 is 2.31 bits per heavy atom. The lowest BCUT2D eigenvalue weighted by Gasteiger charge is -2.25. The zero-order valence-electron chi connectivity index (χ0n) is 15.2. The summed E-state index contributed by atoms with van der Waals surface area (Å²) in [5.41, 5.74) is 1.75. The van der Waals surface area contributed by atoms with E-state index in [0.29, 0.717) is 12.2 Å². The number of amides is 1. The highest BCUT2D eigenvalue weighted by molar-refractivity contribution is 7.88. The van der Waals surface area contributed by atoms with Gasteiger partial charge in [-0.1, -0.05) is 48.0 Å². The van der Waals surface area contributed by atoms with Gasteiger partial charge in [0.1, 0.15) is 18.4 Å². The lowest BCUT2D eigenvalue weighted by molar-refractivity contribution is -0.124. The molecule has 140 valence electrons. The van der Waals surface area contributed by atoms with Crippen molar-refractivity contribution in [2.24, 2.45) is 0 Å². The maximum absolute atomic E-state index is 12.6. The molecule has 0 saturated carbocycles. The van der Waals surface area contributed by atoms with Crippen LogP contribution >= 0.6 is 0 Å². The van der Waals surface area contributed by atoms with E-state index in [9.17, 15) is 13.2 Å². The average molecular weight is 376 g/mol. The van der Waals surface area contributed by atoms with Gasteiger partial charge in [-0.25, -0.2) is 8.42 Å². The first-order valence-corrected chi connectivity index (χ1v) is 10.1. The van der Waals surface area contributed by atoms with Crippen molar-refractivity contribution in [3.8, 4) is 5.75 Å². The predicted molar refractivity (Wildman–Crippen MR) is 101 cm³/mol. The topological polar surface area (TPSA) is 75.7 Å². The monoisotopic (exact) mass is 376 g/mol. The van der Waals surface area contributed by atoms with Crippen molar-refractivity contribution < 1.29 is 17.9 Å². The van der Waals surface area contributed by atoms with Crippen LogP contribution in [-0.2, 0) is 14.8 Å². The lowest BCUT2D eigenvalue weighted by Crippen LogP contribution is -2.42. The number of carbonyl (C=O) groups is 1. The zero-order chi connectivity index (χ0) is 19.2. The molecule has 0 aromatic heterocycles. The van der Waals surface area contributed by atoms with Gasteiger partial charge in [0.2, 0.25) is 15.9 Å². The summed E-state index contributed by atoms with van der Waals surface area (Å²) in [6.07, 6.45) is 1.08. The third-order valence-corrected chi connectivity index (χ3v) is 5.20. The van der Waals surface area contributed by atoms with E-state index in [4.69, 9.17) is 4.74 Å². The quantitative estimate of drug-likeness (QED) is 0.716. The molecule has 0 spiro atoms. The molecule has 0 radical (unpaired) electrons. The zero-order valence-corrected chi connectivity index (χ0v) is 16.0. The average Bonchev–Trinajstić information content (AvgIpc) is 2.60. The minimum absolute atomic E-state index is 0.271. The number of hydrogen-bond donors (Lipinski definition) is 1. The fourth-order valence-electron chi connectivity index (χ4n) is 2.43. The van der Waals surface area contributed by atoms with E-state index in [1.807, 2.05) is 37.3 Å². The fraction of sp³-hybridized carbons (Fsp3) is 0.316. The first kappa shape index (κ1) is 19.9. The lowest BCUT2D eigenvalue weighted by atomic mass is 10.1. The molecule has 0 aliphatic heterocycles. The number of hydrogen-bond acceptors (Lipinski definition) is 4. The molecule has 0 aliphatic carbocycles. The molecule has 0 unspecified atom stereocenters. The number of rotatable bonds is 8. The Hall–Kier alpha value is -2.38. The van der Waals surface area contributed by atoms with Crippen LogP contribution in [0.25, 0.3) is 0 Å². The standard InChI is InChI=1S/C19H24N2O4S/c1-15-9-11-17(12-10-15)25-14-13-20-19(22)18(21(2)26(3,23)24)16-7-5-4-6-8-16/h4-12,18H,13-14H2,1-3H3,(H,20,22)/t18-/m1/s1. The summed E-state index contributed by atoms with van der Waals surface area (Å²) in [6, 6.07) is 15.5. The summed E-state index contributed by atoms with van der Waals surface area (Å²) < 4.78 is 30.5. The van der Waals surface area contributed by atoms with E-state index in [-0.39, 0.29) is 6.54 Å². The minimum atomic E-state index is -3.53. The molecule has 6 nitrogen and oxygen atoms in total. The molecule has 2 aromatic rings. The van der Waals surface area contributed by atoms with Gasteiger partial charge in [0.15, 0.2) is 0 Å². The maximum atomic E-state index is 12.6. The van der Waals surface area contributed by atoms with E-state index in [0.717, 1.165) is 21.9 Å². The molecule has 0 heterocycles. The molecule has 0 fully saturated rings. The van der Waals surface area contributed by atoms with Crippen LogP contribution in [0, 0.1) is 6.92 Å². The largest absolute Gasteiger partial charge is 0.492 e. The molecule has 1 N–H and O–H groups in total. The normalized spacial score (nSPS) is 12.6. The highest BCUT2D eigenvalue weighted by Gasteiger charge is 2.30. The van der Waals surface area contributed by atoms with Crippen LogP contribution in [0.1, 0.15) is 17.2 Å². The van der Waals surface area contributed by atoms with Crippen molar-refractivity contribution in [2.75, 3.05) is 26.5 Å². The van der Waals surface area contributed by atoms with E-state index in [2.05, 4.69) is 5.32 Å². The SMILES string of the molecule is Cc1ccc(OCCNC(=O)[C@@H](c2ccccc2)N(C)S(C)(=O)=O)cc1. The summed E-state index contributed by atoms with van der Waals surface area (Å²) in [5.74, 6) is 0.328. The number of benzene rings is 2. The Kier molecular flexibility index (Phi) is 6.76. The number of likely N-dealkylation sites (N-methyl/N-ethyl adjacent to an activating group) is 1. The molecule has 26 heavy (non-hydrogen) atoms. The first-order chi connectivity index (χ1) is 12.3. The van der Waals surface area contributed by atoms with Crippen LogP contribution in [0.4, 0.5) is 0 Å². The van der Waals surface area contributed by atoms with Crippen molar-refractivity contribution in [1.29, 1.82) is 0 Å². The Balaban J connectivity index is 1.99. The molecule has 0 aliphatic rings. The second-order valence-electron chi connectivity index (χ2n) is 6.04. The van der Waals surface area contributed by atoms with Crippen LogP contribution in [0.15, 0.2) is 54.6 Å². The smallest absolute Gasteiger partial charge is 0.243 e. The van der Waals surface area contributed by atoms with Gasteiger partial charge in [-0.3, -0.25) is 4.79 Å². The molecule has 7 heteroatoms. The van der Waals surface area contributed by atoms with Gasteiger partial charge in [-0.2, -0.15) is 4.31 Å². The third kappa shape index (κ3) is 5.57. The molecule has 0 bridgehead atoms. The van der Waals surface area contributed by atoms with E-state index in [1.54, 1.807) is 24.3 Å². The summed E-state index contributed by atoms with van der Waals surface area (Å²) in [5, 5.41) is 2.75. The number of ether oxygens (including phenoxy) is 1. The van der Waals surface area contributed by atoms with E-state index >= 15 is 0 Å². The fourth-order valence-corrected chi connectivity index (χ4v) is 3.03. The Morgan fingerprint density at radius 2 is 1.73 bits per heavy atom. The van der Waals surface area contributed by atoms with Gasteiger partial charge in [0.05, 0.1) is 12.8 Å². The summed E-state index contributed by atoms with van der Waals surface area (Å²) in [4.78, 5) is 12.6. The number of nitrogens with one attached hydrogen (secondary N) is 1. The van der Waals surface area contributed by atoms with Crippen LogP contribution in [-0.4, -0.2) is 45.1 Å². The number of aryl methyl sites for hydroxylation is 1. The molecule has 0 saturated heterocycles. The van der Waals surface area contributed by atoms with Crippen LogP contribution in [0.3, 0.4) is 0 Å². The Labute approximate surface area is 154 Å². The first-order valence-electron chi connectivity index (χ1n) is 8.24. The third-order valence-electron chi connectivity index (χ3n) is 3.94. The summed E-state index contributed by atoms with van der Waals surface area (Å²) >= 11 is 0. The van der Waals surface area contributed by atoms with Crippen LogP contribution in [0.5, 0.6) is 5.75 Å². The van der Waals surface area contributed by atoms with Gasteiger partial charge in [0, 0.05) is 7.05 Å². The maximum Gasteiger partial charge on any atom is 0.243 e. The van der Waals surface area contributed by atoms with Crippen molar-refractivity contribution in [3.05, 3.63) is 65.7 Å². The van der Waals surface area contributed by atoms with E-state index < -0.39 is 22.0 Å². The summed E-state index contributed by atoms with van der Waals surface area (Å²) in [6.45, 7) is 2.55. The van der Waals surface area contributed by atoms with E-state index in [1.165, 1.54) is 7.05 Å². The van der Waals surface area contributed by atoms with Gasteiger partial charge in [-0.05, 0) is 24.6 Å². The Morgan fingerprint density at radius 1 is 1.12 bits per heavy atom. The van der Waals surface area contributed by atoms with Crippen LogP contribution < -0.4 is 10.1 Å². The van der Waals surface area contributed by atoms with Crippen molar-refractivity contribution in [2.45, 2.75) is 13.0 Å². The molecule has 2 aromatic carbocycles. The minimum Gasteiger partial charge on any atom is -0.492 e. The molecular formula is C19H24N2O4S. The highest BCUT2D eigenvalue weighted by Crippen LogP contribution is 2.21. The predicted octanol–water partition coefficient (Wildman–Crippen LogP) is 2.12. The van der Waals surface area contributed by atoms with Gasteiger partial charge in [0.25, 0.3) is 0 Å². The summed E-state index contributed by atoms with van der Waals surface area (Å²) in [7, 11) is -2.13. The van der Waals surface area contributed by atoms with Crippen molar-refractivity contribution >= 4 is 15.9 Å². The molecular weight excluding hydrogens is 352 g/mol. The molecule has 1 amide bonds. The van der Waals surface area contributed by atoms with Crippen molar-refractivity contribution in [3.63, 3.8) is 0 Å². The molecule has 1 atom stereocenters. The number of nitrogens with zero attached hydrogens (tertiary/aromatic N) is 1. The second-order valence-corrected chi connectivity index (χ2v) is 8.09. The van der Waals surface area contributed by atoms with Gasteiger partial charge in [-0.15, -0.1) is 0 Å². The van der Waals surface area contributed by atoms with Crippen molar-refractivity contribution in [1.82, 2.24) is 9.62 Å².